The second kappa shape index (κ2) is 11.7. The molecule has 170 valence electrons. The fourth-order valence-electron chi connectivity index (χ4n) is 3.90. The second-order valence-electron chi connectivity index (χ2n) is 8.31. The molecule has 0 spiro atoms. The van der Waals surface area contributed by atoms with E-state index >= 15 is 0 Å². The van der Waals surface area contributed by atoms with E-state index in [1.807, 2.05) is 18.2 Å². The summed E-state index contributed by atoms with van der Waals surface area (Å²) < 4.78 is 11.3. The molecule has 1 amide bonds. The van der Waals surface area contributed by atoms with Gasteiger partial charge in [-0.05, 0) is 60.9 Å². The number of nitrogens with zero attached hydrogens (tertiary/aromatic N) is 1. The topological polar surface area (TPSA) is 71.3 Å². The number of ether oxygens (including phenoxy) is 2. The first-order valence-corrected chi connectivity index (χ1v) is 12.2. The minimum Gasteiger partial charge on any atom is -0.493 e. The predicted octanol–water partition coefficient (Wildman–Crippen LogP) is 6.36. The molecule has 0 bridgehead atoms. The number of unbranched alkanes of at least 4 members (excludes halogenated alkanes) is 3. The molecule has 0 saturated heterocycles. The number of amides is 1. The molecule has 1 unspecified atom stereocenters. The van der Waals surface area contributed by atoms with Gasteiger partial charge in [0.15, 0.2) is 11.5 Å². The number of thiophene rings is 1. The third-order valence-corrected chi connectivity index (χ3v) is 6.90. The monoisotopic (exact) mass is 452 g/mol. The zero-order chi connectivity index (χ0) is 22.9. The minimum atomic E-state index is -0.247. The van der Waals surface area contributed by atoms with Gasteiger partial charge in [-0.15, -0.1) is 11.3 Å². The maximum Gasteiger partial charge on any atom is 0.249 e. The number of hydrogen-bond donors (Lipinski definition) is 1. The number of hydrogen-bond acceptors (Lipinski definition) is 5. The van der Waals surface area contributed by atoms with Crippen LogP contribution in [-0.4, -0.2) is 19.6 Å². The molecule has 1 N–H and O–H groups in total. The summed E-state index contributed by atoms with van der Waals surface area (Å²) in [5.41, 5.74) is 2.58. The lowest BCUT2D eigenvalue weighted by molar-refractivity contribution is -0.111. The van der Waals surface area contributed by atoms with E-state index in [0.29, 0.717) is 34.6 Å². The van der Waals surface area contributed by atoms with Gasteiger partial charge in [0.25, 0.3) is 0 Å². The Morgan fingerprint density at radius 1 is 1.31 bits per heavy atom. The van der Waals surface area contributed by atoms with E-state index in [-0.39, 0.29) is 5.91 Å². The Labute approximate surface area is 195 Å². The predicted molar refractivity (Wildman–Crippen MR) is 131 cm³/mol. The second-order valence-corrected chi connectivity index (χ2v) is 9.41. The number of carbonyl (C=O) groups excluding carboxylic acids is 1. The number of fused-ring (bicyclic) bond motifs is 1. The van der Waals surface area contributed by atoms with Gasteiger partial charge in [-0.2, -0.15) is 5.26 Å². The van der Waals surface area contributed by atoms with Gasteiger partial charge in [0.05, 0.1) is 19.3 Å². The van der Waals surface area contributed by atoms with Gasteiger partial charge in [0, 0.05) is 11.0 Å². The van der Waals surface area contributed by atoms with Crippen LogP contribution in [0.15, 0.2) is 24.3 Å². The van der Waals surface area contributed by atoms with Crippen molar-refractivity contribution in [3.8, 4) is 17.6 Å². The molecule has 0 saturated carbocycles. The summed E-state index contributed by atoms with van der Waals surface area (Å²) in [5.74, 6) is 1.73. The van der Waals surface area contributed by atoms with E-state index in [0.717, 1.165) is 43.2 Å². The molecule has 2 aromatic rings. The lowest BCUT2D eigenvalue weighted by Gasteiger charge is -2.17. The standard InChI is InChI=1S/C26H32N2O3S/c1-4-5-6-7-14-31-22-12-9-19(16-23(22)30-3)10-13-25(29)28-26-21(17-27)20-11-8-18(2)15-24(20)32-26/h9-10,12-13,16,18H,4-8,11,14-15H2,1-3H3,(H,28,29)/b13-10+. The SMILES string of the molecule is CCCCCCOc1ccc(/C=C/C(=O)Nc2sc3c(c2C#N)CCC(C)C3)cc1OC. The van der Waals surface area contributed by atoms with Gasteiger partial charge in [0.2, 0.25) is 5.91 Å². The largest absolute Gasteiger partial charge is 0.493 e. The van der Waals surface area contributed by atoms with E-state index in [1.165, 1.54) is 35.1 Å². The van der Waals surface area contributed by atoms with Gasteiger partial charge >= 0.3 is 0 Å². The molecule has 1 heterocycles. The van der Waals surface area contributed by atoms with Gasteiger partial charge in [-0.1, -0.05) is 39.2 Å². The lowest BCUT2D eigenvalue weighted by Crippen LogP contribution is -2.10. The number of carbonyl (C=O) groups is 1. The first kappa shape index (κ1) is 23.9. The fourth-order valence-corrected chi connectivity index (χ4v) is 5.26. The highest BCUT2D eigenvalue weighted by Gasteiger charge is 2.24. The summed E-state index contributed by atoms with van der Waals surface area (Å²) in [6.45, 7) is 5.08. The van der Waals surface area contributed by atoms with Crippen molar-refractivity contribution in [2.45, 2.75) is 58.8 Å². The quantitative estimate of drug-likeness (QED) is 0.336. The number of methoxy groups -OCH3 is 1. The summed E-state index contributed by atoms with van der Waals surface area (Å²) in [4.78, 5) is 13.8. The maximum atomic E-state index is 12.5. The van der Waals surface area contributed by atoms with Crippen LogP contribution in [0.5, 0.6) is 11.5 Å². The molecule has 1 aromatic carbocycles. The smallest absolute Gasteiger partial charge is 0.249 e. The zero-order valence-corrected chi connectivity index (χ0v) is 20.0. The molecule has 0 radical (unpaired) electrons. The Balaban J connectivity index is 1.62. The summed E-state index contributed by atoms with van der Waals surface area (Å²) in [6.07, 6.45) is 10.8. The highest BCUT2D eigenvalue weighted by Crippen LogP contribution is 2.39. The fraction of sp³-hybridized carbons (Fsp3) is 0.462. The highest BCUT2D eigenvalue weighted by atomic mass is 32.1. The van der Waals surface area contributed by atoms with E-state index < -0.39 is 0 Å². The van der Waals surface area contributed by atoms with Gasteiger partial charge < -0.3 is 14.8 Å². The van der Waals surface area contributed by atoms with Crippen LogP contribution in [0.2, 0.25) is 0 Å². The molecule has 1 atom stereocenters. The Kier molecular flexibility index (Phi) is 8.75. The Bertz CT molecular complexity index is 1000. The Morgan fingerprint density at radius 3 is 2.91 bits per heavy atom. The number of anilines is 1. The number of nitriles is 1. The van der Waals surface area contributed by atoms with Crippen molar-refractivity contribution in [1.29, 1.82) is 5.26 Å². The van der Waals surface area contributed by atoms with E-state index in [4.69, 9.17) is 9.47 Å². The molecule has 6 heteroatoms. The first-order chi connectivity index (χ1) is 15.5. The summed E-state index contributed by atoms with van der Waals surface area (Å²) in [7, 11) is 1.61. The van der Waals surface area contributed by atoms with E-state index in [9.17, 15) is 10.1 Å². The Morgan fingerprint density at radius 2 is 2.16 bits per heavy atom. The average molecular weight is 453 g/mol. The third-order valence-electron chi connectivity index (χ3n) is 5.73. The van der Waals surface area contributed by atoms with Gasteiger partial charge in [0.1, 0.15) is 11.1 Å². The highest BCUT2D eigenvalue weighted by molar-refractivity contribution is 7.16. The van der Waals surface area contributed by atoms with Crippen LogP contribution in [0.3, 0.4) is 0 Å². The lowest BCUT2D eigenvalue weighted by atomic mass is 9.89. The van der Waals surface area contributed by atoms with Crippen molar-refractivity contribution in [2.24, 2.45) is 5.92 Å². The summed E-state index contributed by atoms with van der Waals surface area (Å²) >= 11 is 1.54. The molecule has 0 fully saturated rings. The molecular formula is C26H32N2O3S. The number of nitrogens with one attached hydrogen (secondary N) is 1. The summed E-state index contributed by atoms with van der Waals surface area (Å²) in [6, 6.07) is 7.92. The van der Waals surface area contributed by atoms with Crippen LogP contribution in [0.1, 0.15) is 67.5 Å². The van der Waals surface area contributed by atoms with Crippen LogP contribution in [-0.2, 0) is 17.6 Å². The zero-order valence-electron chi connectivity index (χ0n) is 19.2. The van der Waals surface area contributed by atoms with Crippen molar-refractivity contribution < 1.29 is 14.3 Å². The van der Waals surface area contributed by atoms with Crippen LogP contribution in [0.4, 0.5) is 5.00 Å². The van der Waals surface area contributed by atoms with Crippen molar-refractivity contribution in [3.05, 3.63) is 45.8 Å². The molecule has 1 aromatic heterocycles. The van der Waals surface area contributed by atoms with Crippen molar-refractivity contribution >= 4 is 28.3 Å². The number of benzene rings is 1. The molecule has 1 aliphatic rings. The van der Waals surface area contributed by atoms with Crippen molar-refractivity contribution in [3.63, 3.8) is 0 Å². The van der Waals surface area contributed by atoms with Crippen molar-refractivity contribution in [2.75, 3.05) is 19.0 Å². The maximum absolute atomic E-state index is 12.5. The molecule has 1 aliphatic carbocycles. The normalized spacial score (nSPS) is 15.2. The van der Waals surface area contributed by atoms with E-state index in [2.05, 4.69) is 25.2 Å². The average Bonchev–Trinajstić information content (AvgIpc) is 3.13. The van der Waals surface area contributed by atoms with E-state index in [1.54, 1.807) is 13.2 Å². The van der Waals surface area contributed by atoms with Crippen LogP contribution >= 0.6 is 11.3 Å². The first-order valence-electron chi connectivity index (χ1n) is 11.4. The number of rotatable bonds is 10. The molecule has 3 rings (SSSR count). The summed E-state index contributed by atoms with van der Waals surface area (Å²) in [5, 5.41) is 13.2. The minimum absolute atomic E-state index is 0.247. The molecular weight excluding hydrogens is 420 g/mol. The third kappa shape index (κ3) is 6.14. The molecule has 0 aliphatic heterocycles. The van der Waals surface area contributed by atoms with Crippen molar-refractivity contribution in [1.82, 2.24) is 0 Å². The van der Waals surface area contributed by atoms with Crippen LogP contribution in [0.25, 0.3) is 6.08 Å². The van der Waals surface area contributed by atoms with Crippen LogP contribution < -0.4 is 14.8 Å². The Hall–Kier alpha value is -2.78. The van der Waals surface area contributed by atoms with Crippen LogP contribution in [0, 0.1) is 17.2 Å². The molecule has 5 nitrogen and oxygen atoms in total. The van der Waals surface area contributed by atoms with Gasteiger partial charge in [-0.3, -0.25) is 4.79 Å². The molecule has 32 heavy (non-hydrogen) atoms. The van der Waals surface area contributed by atoms with Gasteiger partial charge in [-0.25, -0.2) is 0 Å².